The second-order valence-electron chi connectivity index (χ2n) is 8.47. The predicted molar refractivity (Wildman–Crippen MR) is 142 cm³/mol. The van der Waals surface area contributed by atoms with Crippen LogP contribution < -0.4 is 9.62 Å². The Morgan fingerprint density at radius 3 is 2.47 bits per heavy atom. The van der Waals surface area contributed by atoms with Gasteiger partial charge in [0.15, 0.2) is 0 Å². The van der Waals surface area contributed by atoms with Gasteiger partial charge in [-0.05, 0) is 43.5 Å². The van der Waals surface area contributed by atoms with E-state index in [9.17, 15) is 28.1 Å². The van der Waals surface area contributed by atoms with E-state index < -0.39 is 33.4 Å². The van der Waals surface area contributed by atoms with E-state index in [1.807, 2.05) is 13.0 Å². The predicted octanol–water partition coefficient (Wildman–Crippen LogP) is 3.77. The highest BCUT2D eigenvalue weighted by molar-refractivity contribution is 9.10. The number of amides is 2. The van der Waals surface area contributed by atoms with Gasteiger partial charge in [-0.3, -0.25) is 24.0 Å². The van der Waals surface area contributed by atoms with Gasteiger partial charge in [-0.1, -0.05) is 47.5 Å². The molecule has 0 radical (unpaired) electrons. The lowest BCUT2D eigenvalue weighted by Gasteiger charge is -2.32. The van der Waals surface area contributed by atoms with Gasteiger partial charge in [0, 0.05) is 29.7 Å². The van der Waals surface area contributed by atoms with Gasteiger partial charge >= 0.3 is 0 Å². The molecule has 36 heavy (non-hydrogen) atoms. The number of carbonyl (C=O) groups excluding carboxylic acids is 2. The van der Waals surface area contributed by atoms with Crippen molar-refractivity contribution in [3.63, 3.8) is 0 Å². The Bertz CT molecular complexity index is 1220. The lowest BCUT2D eigenvalue weighted by molar-refractivity contribution is -0.384. The van der Waals surface area contributed by atoms with Crippen molar-refractivity contribution in [1.29, 1.82) is 0 Å². The third-order valence-electron chi connectivity index (χ3n) is 5.59. The van der Waals surface area contributed by atoms with E-state index in [4.69, 9.17) is 0 Å². The van der Waals surface area contributed by atoms with Crippen LogP contribution in [-0.2, 0) is 26.2 Å². The molecular weight excluding hydrogens is 552 g/mol. The average Bonchev–Trinajstić information content (AvgIpc) is 2.80. The summed E-state index contributed by atoms with van der Waals surface area (Å²) in [5.74, 6) is -0.978. The molecule has 0 aromatic heterocycles. The van der Waals surface area contributed by atoms with Crippen molar-refractivity contribution in [2.45, 2.75) is 46.2 Å². The van der Waals surface area contributed by atoms with E-state index in [1.54, 1.807) is 32.0 Å². The van der Waals surface area contributed by atoms with Gasteiger partial charge in [-0.25, -0.2) is 8.42 Å². The molecule has 0 saturated carbocycles. The Kier molecular flexibility index (Phi) is 10.4. The molecule has 2 aromatic carbocycles. The molecule has 2 rings (SSSR count). The van der Waals surface area contributed by atoms with Crippen LogP contribution in [0.1, 0.15) is 37.8 Å². The second-order valence-corrected chi connectivity index (χ2v) is 11.3. The molecule has 0 heterocycles. The Morgan fingerprint density at radius 2 is 1.89 bits per heavy atom. The molecule has 0 bridgehead atoms. The minimum Gasteiger partial charge on any atom is -0.354 e. The summed E-state index contributed by atoms with van der Waals surface area (Å²) in [7, 11) is -4.00. The van der Waals surface area contributed by atoms with Crippen molar-refractivity contribution in [3.05, 3.63) is 68.2 Å². The summed E-state index contributed by atoms with van der Waals surface area (Å²) >= 11 is 3.40. The zero-order chi connectivity index (χ0) is 27.0. The minimum absolute atomic E-state index is 0.0301. The van der Waals surface area contributed by atoms with Gasteiger partial charge in [0.1, 0.15) is 12.6 Å². The van der Waals surface area contributed by atoms with Crippen molar-refractivity contribution < 1.29 is 22.9 Å². The molecule has 196 valence electrons. The summed E-state index contributed by atoms with van der Waals surface area (Å²) < 4.78 is 27.0. The molecule has 2 amide bonds. The normalized spacial score (nSPS) is 12.0. The Balaban J connectivity index is 2.44. The van der Waals surface area contributed by atoms with Crippen molar-refractivity contribution in [2.75, 3.05) is 23.7 Å². The van der Waals surface area contributed by atoms with Gasteiger partial charge in [0.2, 0.25) is 21.8 Å². The topological polar surface area (TPSA) is 130 Å². The van der Waals surface area contributed by atoms with E-state index >= 15 is 0 Å². The van der Waals surface area contributed by atoms with Crippen LogP contribution in [0.2, 0.25) is 0 Å². The molecule has 1 unspecified atom stereocenters. The zero-order valence-corrected chi connectivity index (χ0v) is 23.1. The highest BCUT2D eigenvalue weighted by Crippen LogP contribution is 2.28. The van der Waals surface area contributed by atoms with Crippen LogP contribution in [0.3, 0.4) is 0 Å². The Hall–Kier alpha value is -2.99. The molecule has 0 aliphatic rings. The van der Waals surface area contributed by atoms with Crippen molar-refractivity contribution in [3.8, 4) is 0 Å². The number of hydrogen-bond donors (Lipinski definition) is 1. The fourth-order valence-corrected chi connectivity index (χ4v) is 4.87. The number of nitrogens with one attached hydrogen (secondary N) is 1. The van der Waals surface area contributed by atoms with Crippen LogP contribution in [0.5, 0.6) is 0 Å². The van der Waals surface area contributed by atoms with Gasteiger partial charge in [0.25, 0.3) is 5.69 Å². The number of non-ortho nitro benzene ring substituents is 1. The van der Waals surface area contributed by atoms with E-state index in [-0.39, 0.29) is 23.8 Å². The zero-order valence-electron chi connectivity index (χ0n) is 20.7. The maximum Gasteiger partial charge on any atom is 0.271 e. The second kappa shape index (κ2) is 12.8. The lowest BCUT2D eigenvalue weighted by Crippen LogP contribution is -2.51. The monoisotopic (exact) mass is 582 g/mol. The Morgan fingerprint density at radius 1 is 1.19 bits per heavy atom. The molecule has 1 N–H and O–H groups in total. The molecule has 2 aromatic rings. The van der Waals surface area contributed by atoms with Crippen molar-refractivity contribution in [2.24, 2.45) is 0 Å². The number of rotatable bonds is 12. The smallest absolute Gasteiger partial charge is 0.271 e. The number of carbonyl (C=O) groups is 2. The number of nitrogens with zero attached hydrogens (tertiary/aromatic N) is 3. The first kappa shape index (κ1) is 29.2. The summed E-state index contributed by atoms with van der Waals surface area (Å²) in [5, 5.41) is 14.1. The van der Waals surface area contributed by atoms with E-state index in [0.717, 1.165) is 39.5 Å². The third-order valence-corrected chi connectivity index (χ3v) is 7.21. The summed E-state index contributed by atoms with van der Waals surface area (Å²) in [6.07, 6.45) is 2.60. The number of aryl methyl sites for hydroxylation is 1. The maximum absolute atomic E-state index is 13.6. The summed E-state index contributed by atoms with van der Waals surface area (Å²) in [5.41, 5.74) is 0.917. The number of nitro groups is 1. The largest absolute Gasteiger partial charge is 0.354 e. The first-order valence-corrected chi connectivity index (χ1v) is 14.0. The fraction of sp³-hybridized carbons (Fsp3) is 0.417. The van der Waals surface area contributed by atoms with Gasteiger partial charge in [-0.2, -0.15) is 0 Å². The molecule has 0 fully saturated rings. The minimum atomic E-state index is -4.00. The lowest BCUT2D eigenvalue weighted by atomic mass is 10.1. The number of benzene rings is 2. The molecule has 10 nitrogen and oxygen atoms in total. The van der Waals surface area contributed by atoms with E-state index in [2.05, 4.69) is 21.2 Å². The van der Waals surface area contributed by atoms with Crippen LogP contribution in [0.15, 0.2) is 46.9 Å². The number of nitro benzene ring substituents is 1. The number of hydrogen-bond acceptors (Lipinski definition) is 6. The molecule has 0 aliphatic carbocycles. The molecule has 0 aliphatic heterocycles. The van der Waals surface area contributed by atoms with Crippen LogP contribution >= 0.6 is 15.9 Å². The van der Waals surface area contributed by atoms with Gasteiger partial charge < -0.3 is 10.2 Å². The van der Waals surface area contributed by atoms with Crippen molar-refractivity contribution >= 4 is 49.1 Å². The highest BCUT2D eigenvalue weighted by Gasteiger charge is 2.31. The van der Waals surface area contributed by atoms with Crippen LogP contribution in [0.4, 0.5) is 11.4 Å². The van der Waals surface area contributed by atoms with Gasteiger partial charge in [0.05, 0.1) is 16.9 Å². The summed E-state index contributed by atoms with van der Waals surface area (Å²) in [4.78, 5) is 38.4. The molecule has 0 spiro atoms. The van der Waals surface area contributed by atoms with E-state index in [0.29, 0.717) is 12.1 Å². The number of anilines is 1. The number of halogens is 1. The first-order chi connectivity index (χ1) is 16.8. The molecule has 1 atom stereocenters. The number of unbranched alkanes of at least 4 members (excludes halogenated alkanes) is 1. The summed E-state index contributed by atoms with van der Waals surface area (Å²) in [6.45, 7) is 5.08. The SMILES string of the molecule is CCCCNC(=O)C(C)N(Cc1cccc(Br)c1)C(=O)CN(c1cc([N+](=O)[O-])ccc1C)S(C)(=O)=O. The van der Waals surface area contributed by atoms with Crippen LogP contribution in [0.25, 0.3) is 0 Å². The quantitative estimate of drug-likeness (QED) is 0.230. The van der Waals surface area contributed by atoms with Crippen LogP contribution in [0, 0.1) is 17.0 Å². The molecular formula is C24H31BrN4O6S. The first-order valence-electron chi connectivity index (χ1n) is 11.4. The standard InChI is InChI=1S/C24H31BrN4O6S/c1-5-6-12-26-24(31)18(3)27(15-19-8-7-9-20(25)13-19)23(30)16-28(36(4,34)35)22-14-21(29(32)33)11-10-17(22)2/h7-11,13-14,18H,5-6,12,15-16H2,1-4H3,(H,26,31). The molecule has 12 heteroatoms. The fourth-order valence-electron chi connectivity index (χ4n) is 3.53. The van der Waals surface area contributed by atoms with E-state index in [1.165, 1.54) is 17.0 Å². The highest BCUT2D eigenvalue weighted by atomic mass is 79.9. The average molecular weight is 584 g/mol. The number of sulfonamides is 1. The van der Waals surface area contributed by atoms with Crippen LogP contribution in [-0.4, -0.2) is 55.4 Å². The van der Waals surface area contributed by atoms with Crippen molar-refractivity contribution in [1.82, 2.24) is 10.2 Å². The maximum atomic E-state index is 13.6. The summed E-state index contributed by atoms with van der Waals surface area (Å²) in [6, 6.07) is 10.2. The Labute approximate surface area is 220 Å². The van der Waals surface area contributed by atoms with Gasteiger partial charge in [-0.15, -0.1) is 0 Å². The molecule has 0 saturated heterocycles. The third kappa shape index (κ3) is 8.02.